The van der Waals surface area contributed by atoms with Crippen LogP contribution in [-0.2, 0) is 38.7 Å². The topological polar surface area (TPSA) is 196 Å². The van der Waals surface area contributed by atoms with E-state index in [4.69, 9.17) is 5.11 Å². The Morgan fingerprint density at radius 2 is 1.00 bits per heavy atom. The molecule has 0 saturated carbocycles. The number of carboxylic acid groups (broad SMARTS) is 4. The van der Waals surface area contributed by atoms with Crippen molar-refractivity contribution < 1.29 is 64.6 Å². The largest absolute Gasteiger partial charge is 3.00 e. The molecule has 12 heteroatoms. The molecule has 0 aromatic heterocycles. The zero-order valence-corrected chi connectivity index (χ0v) is 13.0. The first-order valence-corrected chi connectivity index (χ1v) is 5.46. The van der Waals surface area contributed by atoms with E-state index in [9.17, 15) is 34.5 Å². The van der Waals surface area contributed by atoms with E-state index in [0.717, 1.165) is 9.80 Å². The minimum Gasteiger partial charge on any atom is -0.549 e. The van der Waals surface area contributed by atoms with Crippen molar-refractivity contribution in [3.05, 3.63) is 0 Å². The first kappa shape index (κ1) is 25.3. The van der Waals surface area contributed by atoms with Crippen LogP contribution in [-0.4, -0.2) is 83.5 Å². The van der Waals surface area contributed by atoms with Crippen LogP contribution in [0.4, 0.5) is 0 Å². The first-order valence-electron chi connectivity index (χ1n) is 5.46. The van der Waals surface area contributed by atoms with Crippen LogP contribution in [0.15, 0.2) is 0 Å². The van der Waals surface area contributed by atoms with Gasteiger partial charge in [0.05, 0.1) is 24.5 Å². The van der Waals surface area contributed by atoms with Crippen molar-refractivity contribution in [1.29, 1.82) is 0 Å². The van der Waals surface area contributed by atoms with Gasteiger partial charge in [-0.2, -0.15) is 0 Å². The van der Waals surface area contributed by atoms with E-state index in [0.29, 0.717) is 0 Å². The second kappa shape index (κ2) is 13.1. The van der Waals surface area contributed by atoms with Crippen molar-refractivity contribution in [2.75, 3.05) is 39.3 Å². The fraction of sp³-hybridized carbons (Fsp3) is 0.600. The molecule has 0 rings (SSSR count). The second-order valence-electron chi connectivity index (χ2n) is 3.93. The summed E-state index contributed by atoms with van der Waals surface area (Å²) in [6.07, 6.45) is 0. The van der Waals surface area contributed by atoms with Crippen molar-refractivity contribution in [3.8, 4) is 0 Å². The average molecular weight is 408 g/mol. The van der Waals surface area contributed by atoms with Crippen LogP contribution in [0, 0.1) is 0 Å². The number of carbonyl (C=O) groups is 4. The summed E-state index contributed by atoms with van der Waals surface area (Å²) in [6.45, 7) is -3.00. The number of nitrogens with zero attached hydrogens (tertiary/aromatic N) is 2. The van der Waals surface area contributed by atoms with Crippen molar-refractivity contribution >= 4 is 23.9 Å². The third kappa shape index (κ3) is 14.8. The van der Waals surface area contributed by atoms with Crippen LogP contribution in [0.5, 0.6) is 0 Å². The fourth-order valence-corrected chi connectivity index (χ4v) is 1.45. The summed E-state index contributed by atoms with van der Waals surface area (Å²) in [4.78, 5) is 43.7. The molecule has 0 spiro atoms. The van der Waals surface area contributed by atoms with E-state index in [-0.39, 0.29) is 38.0 Å². The Bertz CT molecular complexity index is 323. The maximum Gasteiger partial charge on any atom is 3.00 e. The van der Waals surface area contributed by atoms with Gasteiger partial charge < -0.3 is 40.3 Å². The number of hydrogen-bond acceptors (Lipinski definition) is 9. The molecule has 0 aromatic carbocycles. The summed E-state index contributed by atoms with van der Waals surface area (Å²) in [6, 6.07) is 0. The van der Waals surface area contributed by atoms with Gasteiger partial charge in [-0.05, 0) is 0 Å². The van der Waals surface area contributed by atoms with Gasteiger partial charge in [-0.1, -0.05) is 0 Å². The summed E-state index contributed by atoms with van der Waals surface area (Å²) >= 11 is 0. The Kier molecular flexibility index (Phi) is 15.1. The summed E-state index contributed by atoms with van der Waals surface area (Å²) in [5.41, 5.74) is 0. The van der Waals surface area contributed by atoms with E-state index >= 15 is 0 Å². The molecule has 0 atom stereocenters. The third-order valence-electron chi connectivity index (χ3n) is 2.15. The standard InChI is InChI=1S/C10H16N2O8.H2O.Ru/c13-7(14)3-11(4-8(15)16)1-2-12(5-9(17)18)6-10(19)20;;/h1-6H2,(H,13,14)(H,15,16)(H,17,18)(H,19,20);1H2;/q;;+3/p-3. The van der Waals surface area contributed by atoms with Gasteiger partial charge in [0.15, 0.2) is 0 Å². The monoisotopic (exact) mass is 409 g/mol. The number of carboxylic acids is 4. The Hall–Kier alpha value is -1.62. The van der Waals surface area contributed by atoms with Crippen LogP contribution in [0.1, 0.15) is 0 Å². The molecule has 11 nitrogen and oxygen atoms in total. The quantitative estimate of drug-likeness (QED) is 0.321. The number of hydrogen-bond donors (Lipinski definition) is 1. The van der Waals surface area contributed by atoms with E-state index < -0.39 is 50.1 Å². The first-order chi connectivity index (χ1) is 9.20. The SMILES string of the molecule is O.O=C([O-])CN(CCN(CC(=O)[O-])CC(=O)O)CC(=O)[O-].[Ru+3]. The molecular formula is C10H15N2O9Ru. The van der Waals surface area contributed by atoms with Crippen LogP contribution in [0.2, 0.25) is 0 Å². The molecule has 127 valence electrons. The van der Waals surface area contributed by atoms with Crippen molar-refractivity contribution in [3.63, 3.8) is 0 Å². The summed E-state index contributed by atoms with van der Waals surface area (Å²) < 4.78 is 0. The predicted octanol–water partition coefficient (Wildman–Crippen LogP) is -6.90. The molecule has 0 unspecified atom stereocenters. The molecule has 0 bridgehead atoms. The Balaban J connectivity index is -0.00000180. The van der Waals surface area contributed by atoms with E-state index in [2.05, 4.69) is 0 Å². The Labute approximate surface area is 138 Å². The zero-order chi connectivity index (χ0) is 15.7. The summed E-state index contributed by atoms with van der Waals surface area (Å²) in [5.74, 6) is -5.82. The average Bonchev–Trinajstić information content (AvgIpc) is 2.22. The van der Waals surface area contributed by atoms with Crippen molar-refractivity contribution in [2.24, 2.45) is 0 Å². The smallest absolute Gasteiger partial charge is 0.549 e. The van der Waals surface area contributed by atoms with Gasteiger partial charge in [0.2, 0.25) is 0 Å². The maximum absolute atomic E-state index is 10.5. The third-order valence-corrected chi connectivity index (χ3v) is 2.15. The molecular weight excluding hydrogens is 393 g/mol. The molecule has 0 saturated heterocycles. The van der Waals surface area contributed by atoms with Gasteiger partial charge in [-0.25, -0.2) is 0 Å². The van der Waals surface area contributed by atoms with Crippen molar-refractivity contribution in [2.45, 2.75) is 0 Å². The van der Waals surface area contributed by atoms with Crippen molar-refractivity contribution in [1.82, 2.24) is 9.80 Å². The fourth-order valence-electron chi connectivity index (χ4n) is 1.45. The second-order valence-corrected chi connectivity index (χ2v) is 3.93. The van der Waals surface area contributed by atoms with E-state index in [1.807, 2.05) is 0 Å². The summed E-state index contributed by atoms with van der Waals surface area (Å²) in [5, 5.41) is 39.8. The molecule has 0 aliphatic carbocycles. The van der Waals surface area contributed by atoms with Crippen LogP contribution in [0.25, 0.3) is 0 Å². The van der Waals surface area contributed by atoms with Gasteiger partial charge >= 0.3 is 25.4 Å². The van der Waals surface area contributed by atoms with Gasteiger partial charge in [-0.3, -0.25) is 14.6 Å². The maximum atomic E-state index is 10.5. The Morgan fingerprint density at radius 1 is 0.727 bits per heavy atom. The zero-order valence-electron chi connectivity index (χ0n) is 11.3. The number of aliphatic carboxylic acids is 4. The minimum absolute atomic E-state index is 0. The van der Waals surface area contributed by atoms with Gasteiger partial charge in [0.1, 0.15) is 0 Å². The van der Waals surface area contributed by atoms with Crippen LogP contribution >= 0.6 is 0 Å². The predicted molar refractivity (Wildman–Crippen MR) is 59.2 cm³/mol. The Morgan fingerprint density at radius 3 is 1.23 bits per heavy atom. The van der Waals surface area contributed by atoms with E-state index in [1.54, 1.807) is 0 Å². The van der Waals surface area contributed by atoms with Crippen LogP contribution < -0.4 is 15.3 Å². The molecule has 22 heavy (non-hydrogen) atoms. The molecule has 0 aromatic rings. The van der Waals surface area contributed by atoms with E-state index in [1.165, 1.54) is 0 Å². The normalized spacial score (nSPS) is 9.73. The molecule has 1 radical (unpaired) electrons. The van der Waals surface area contributed by atoms with Gasteiger partial charge in [0, 0.05) is 32.7 Å². The molecule has 0 aliphatic heterocycles. The van der Waals surface area contributed by atoms with Gasteiger partial charge in [-0.15, -0.1) is 0 Å². The summed E-state index contributed by atoms with van der Waals surface area (Å²) in [7, 11) is 0. The molecule has 0 fully saturated rings. The molecule has 0 amide bonds. The number of rotatable bonds is 11. The number of carbonyl (C=O) groups excluding carboxylic acids is 3. The van der Waals surface area contributed by atoms with Gasteiger partial charge in [0.25, 0.3) is 0 Å². The minimum atomic E-state index is -1.52. The van der Waals surface area contributed by atoms with Crippen LogP contribution in [0.3, 0.4) is 0 Å². The molecule has 3 N–H and O–H groups in total. The molecule has 0 heterocycles. The molecule has 0 aliphatic rings.